The van der Waals surface area contributed by atoms with Gasteiger partial charge in [-0.1, -0.05) is 60.7 Å². The minimum atomic E-state index is -1.02. The van der Waals surface area contributed by atoms with Gasteiger partial charge in [0.1, 0.15) is 11.2 Å². The Morgan fingerprint density at radius 2 is 1.50 bits per heavy atom. The highest BCUT2D eigenvalue weighted by atomic mass is 16.6. The van der Waals surface area contributed by atoms with Gasteiger partial charge in [-0.15, -0.1) is 0 Å². The first-order valence-corrected chi connectivity index (χ1v) is 6.14. The molecule has 1 saturated heterocycles. The predicted molar refractivity (Wildman–Crippen MR) is 70.1 cm³/mol. The van der Waals surface area contributed by atoms with Crippen molar-refractivity contribution in [1.82, 2.24) is 0 Å². The zero-order valence-corrected chi connectivity index (χ0v) is 10.3. The van der Waals surface area contributed by atoms with Crippen molar-refractivity contribution in [3.63, 3.8) is 0 Å². The number of hydrogen-bond donors (Lipinski definition) is 1. The van der Waals surface area contributed by atoms with Crippen LogP contribution in [0, 0.1) is 0 Å². The van der Waals surface area contributed by atoms with E-state index in [1.165, 1.54) is 0 Å². The van der Waals surface area contributed by atoms with Crippen molar-refractivity contribution in [2.75, 3.05) is 6.61 Å². The topological polar surface area (TPSA) is 32.8 Å². The second-order valence-corrected chi connectivity index (χ2v) is 4.92. The van der Waals surface area contributed by atoms with Crippen LogP contribution in [-0.4, -0.2) is 11.7 Å². The van der Waals surface area contributed by atoms with Crippen molar-refractivity contribution in [2.45, 2.75) is 18.1 Å². The summed E-state index contributed by atoms with van der Waals surface area (Å²) >= 11 is 0. The average Bonchev–Trinajstić information content (AvgIpc) is 3.23. The maximum atomic E-state index is 10.9. The quantitative estimate of drug-likeness (QED) is 0.837. The van der Waals surface area contributed by atoms with Crippen molar-refractivity contribution < 1.29 is 9.84 Å². The summed E-state index contributed by atoms with van der Waals surface area (Å²) in [5.41, 5.74) is 0.288. The lowest BCUT2D eigenvalue weighted by atomic mass is 9.79. The van der Waals surface area contributed by atoms with Gasteiger partial charge < -0.3 is 9.84 Å². The maximum absolute atomic E-state index is 10.9. The minimum Gasteiger partial charge on any atom is -0.382 e. The average molecular weight is 240 g/mol. The van der Waals surface area contributed by atoms with Gasteiger partial charge in [-0.25, -0.2) is 0 Å². The normalized spacial score (nSPS) is 25.4. The molecule has 0 aliphatic carbocycles. The van der Waals surface area contributed by atoms with Crippen molar-refractivity contribution in [3.05, 3.63) is 71.8 Å². The van der Waals surface area contributed by atoms with Gasteiger partial charge >= 0.3 is 0 Å². The Labute approximate surface area is 107 Å². The van der Waals surface area contributed by atoms with Gasteiger partial charge in [0.05, 0.1) is 6.61 Å². The highest BCUT2D eigenvalue weighted by molar-refractivity contribution is 5.36. The lowest BCUT2D eigenvalue weighted by Crippen LogP contribution is -2.37. The Balaban J connectivity index is 2.05. The Morgan fingerprint density at radius 3 is 2.00 bits per heavy atom. The molecule has 0 amide bonds. The SMILES string of the molecule is CC(O)(c1ccccc1)C1(c2ccccc2)CO1. The second-order valence-electron chi connectivity index (χ2n) is 4.92. The molecule has 1 aliphatic rings. The molecular weight excluding hydrogens is 224 g/mol. The standard InChI is InChI=1S/C16H16O2/c1-15(17,13-8-4-2-5-9-13)16(12-18-16)14-10-6-3-7-11-14/h2-11,17H,12H2,1H3. The fourth-order valence-corrected chi connectivity index (χ4v) is 2.50. The molecule has 18 heavy (non-hydrogen) atoms. The van der Waals surface area contributed by atoms with Crippen molar-refractivity contribution in [3.8, 4) is 0 Å². The molecule has 92 valence electrons. The van der Waals surface area contributed by atoms with Crippen LogP contribution >= 0.6 is 0 Å². The molecule has 2 heteroatoms. The molecule has 0 radical (unpaired) electrons. The lowest BCUT2D eigenvalue weighted by molar-refractivity contribution is -0.0302. The second kappa shape index (κ2) is 3.94. The van der Waals surface area contributed by atoms with E-state index >= 15 is 0 Å². The molecule has 2 aromatic rings. The summed E-state index contributed by atoms with van der Waals surface area (Å²) in [6.07, 6.45) is 0. The molecule has 0 saturated carbocycles. The van der Waals surface area contributed by atoms with Crippen LogP contribution in [0.25, 0.3) is 0 Å². The Morgan fingerprint density at radius 1 is 1.00 bits per heavy atom. The van der Waals surface area contributed by atoms with Gasteiger partial charge in [0.25, 0.3) is 0 Å². The lowest BCUT2D eigenvalue weighted by Gasteiger charge is -2.31. The highest BCUT2D eigenvalue weighted by Gasteiger charge is 2.60. The van der Waals surface area contributed by atoms with Gasteiger partial charge in [-0.05, 0) is 18.1 Å². The van der Waals surface area contributed by atoms with Crippen molar-refractivity contribution >= 4 is 0 Å². The first kappa shape index (κ1) is 11.5. The summed E-state index contributed by atoms with van der Waals surface area (Å²) < 4.78 is 5.65. The molecule has 1 fully saturated rings. The predicted octanol–water partition coefficient (Wildman–Crippen LogP) is 2.82. The number of aliphatic hydroxyl groups is 1. The van der Waals surface area contributed by atoms with E-state index in [0.29, 0.717) is 6.61 Å². The summed E-state index contributed by atoms with van der Waals surface area (Å²) in [5, 5.41) is 10.9. The molecule has 2 unspecified atom stereocenters. The highest BCUT2D eigenvalue weighted by Crippen LogP contribution is 2.52. The minimum absolute atomic E-state index is 0.554. The third-order valence-corrected chi connectivity index (χ3v) is 3.80. The van der Waals surface area contributed by atoms with Crippen molar-refractivity contribution in [1.29, 1.82) is 0 Å². The van der Waals surface area contributed by atoms with E-state index in [-0.39, 0.29) is 0 Å². The van der Waals surface area contributed by atoms with Crippen LogP contribution in [0.1, 0.15) is 18.1 Å². The van der Waals surface area contributed by atoms with Crippen LogP contribution in [0.5, 0.6) is 0 Å². The third-order valence-electron chi connectivity index (χ3n) is 3.80. The molecule has 2 aromatic carbocycles. The molecule has 1 heterocycles. The molecule has 2 nitrogen and oxygen atoms in total. The fraction of sp³-hybridized carbons (Fsp3) is 0.250. The maximum Gasteiger partial charge on any atom is 0.149 e. The Bertz CT molecular complexity index is 488. The van der Waals surface area contributed by atoms with Crippen LogP contribution in [-0.2, 0) is 15.9 Å². The molecule has 0 bridgehead atoms. The first-order chi connectivity index (χ1) is 8.67. The zero-order valence-electron chi connectivity index (χ0n) is 10.3. The van der Waals surface area contributed by atoms with Gasteiger partial charge in [-0.2, -0.15) is 0 Å². The zero-order chi connectivity index (χ0) is 12.6. The molecule has 0 spiro atoms. The molecule has 2 atom stereocenters. The molecule has 1 aliphatic heterocycles. The van der Waals surface area contributed by atoms with Crippen LogP contribution in [0.4, 0.5) is 0 Å². The number of benzene rings is 2. The van der Waals surface area contributed by atoms with E-state index in [1.807, 2.05) is 67.6 Å². The largest absolute Gasteiger partial charge is 0.382 e. The van der Waals surface area contributed by atoms with E-state index in [2.05, 4.69) is 0 Å². The number of ether oxygens (including phenoxy) is 1. The smallest absolute Gasteiger partial charge is 0.149 e. The number of rotatable bonds is 3. The Hall–Kier alpha value is -1.64. The van der Waals surface area contributed by atoms with E-state index in [4.69, 9.17) is 4.74 Å². The van der Waals surface area contributed by atoms with Crippen LogP contribution in [0.2, 0.25) is 0 Å². The van der Waals surface area contributed by atoms with Crippen molar-refractivity contribution in [2.24, 2.45) is 0 Å². The van der Waals surface area contributed by atoms with Gasteiger partial charge in [0.15, 0.2) is 0 Å². The van der Waals surface area contributed by atoms with E-state index < -0.39 is 11.2 Å². The van der Waals surface area contributed by atoms with E-state index in [0.717, 1.165) is 11.1 Å². The Kier molecular flexibility index (Phi) is 2.51. The van der Waals surface area contributed by atoms with E-state index in [9.17, 15) is 5.11 Å². The summed E-state index contributed by atoms with van der Waals surface area (Å²) in [5.74, 6) is 0. The molecule has 1 N–H and O–H groups in total. The van der Waals surface area contributed by atoms with Crippen LogP contribution < -0.4 is 0 Å². The van der Waals surface area contributed by atoms with E-state index in [1.54, 1.807) is 0 Å². The summed E-state index contributed by atoms with van der Waals surface area (Å²) in [6.45, 7) is 2.38. The molecular formula is C16H16O2. The van der Waals surface area contributed by atoms with Crippen LogP contribution in [0.3, 0.4) is 0 Å². The third kappa shape index (κ3) is 1.57. The van der Waals surface area contributed by atoms with Gasteiger partial charge in [0, 0.05) is 0 Å². The monoisotopic (exact) mass is 240 g/mol. The molecule has 3 rings (SSSR count). The number of hydrogen-bond acceptors (Lipinski definition) is 2. The summed E-state index contributed by atoms with van der Waals surface area (Å²) in [6, 6.07) is 19.6. The fourth-order valence-electron chi connectivity index (χ4n) is 2.50. The summed E-state index contributed by atoms with van der Waals surface area (Å²) in [4.78, 5) is 0. The first-order valence-electron chi connectivity index (χ1n) is 6.14. The number of epoxide rings is 1. The van der Waals surface area contributed by atoms with Gasteiger partial charge in [-0.3, -0.25) is 0 Å². The van der Waals surface area contributed by atoms with Crippen LogP contribution in [0.15, 0.2) is 60.7 Å². The van der Waals surface area contributed by atoms with Gasteiger partial charge in [0.2, 0.25) is 0 Å². The molecule has 0 aromatic heterocycles. The summed E-state index contributed by atoms with van der Waals surface area (Å²) in [7, 11) is 0.